The van der Waals surface area contributed by atoms with E-state index in [4.69, 9.17) is 23.2 Å². The lowest BCUT2D eigenvalue weighted by atomic mass is 10.2. The van der Waals surface area contributed by atoms with Crippen molar-refractivity contribution in [2.75, 3.05) is 7.05 Å². The van der Waals surface area contributed by atoms with Gasteiger partial charge < -0.3 is 5.32 Å². The first-order valence-electron chi connectivity index (χ1n) is 4.89. The zero-order chi connectivity index (χ0) is 11.5. The highest BCUT2D eigenvalue weighted by Gasteiger charge is 2.07. The predicted octanol–water partition coefficient (Wildman–Crippen LogP) is 4.44. The van der Waals surface area contributed by atoms with Gasteiger partial charge in [0.15, 0.2) is 0 Å². The number of rotatable bonds is 3. The normalized spacial score (nSPS) is 10.7. The number of nitrogens with one attached hydrogen (secondary N) is 1. The quantitative estimate of drug-likeness (QED) is 0.870. The van der Waals surface area contributed by atoms with Crippen LogP contribution >= 0.6 is 34.5 Å². The van der Waals surface area contributed by atoms with Crippen molar-refractivity contribution in [2.45, 2.75) is 6.54 Å². The Balaban J connectivity index is 2.38. The Hall–Kier alpha value is -0.540. The SMILES string of the molecule is CNCc1ccc(-c2cc(Cl)ccc2Cl)s1. The topological polar surface area (TPSA) is 12.0 Å². The lowest BCUT2D eigenvalue weighted by Gasteiger charge is -2.01. The fourth-order valence-electron chi connectivity index (χ4n) is 1.48. The molecular formula is C12H11Cl2NS. The maximum absolute atomic E-state index is 6.15. The van der Waals surface area contributed by atoms with E-state index < -0.39 is 0 Å². The van der Waals surface area contributed by atoms with Crippen LogP contribution in [0, 0.1) is 0 Å². The van der Waals surface area contributed by atoms with Crippen LogP contribution in [0.3, 0.4) is 0 Å². The predicted molar refractivity (Wildman–Crippen MR) is 72.5 cm³/mol. The summed E-state index contributed by atoms with van der Waals surface area (Å²) >= 11 is 13.8. The van der Waals surface area contributed by atoms with Crippen LogP contribution in [0.2, 0.25) is 10.0 Å². The van der Waals surface area contributed by atoms with Crippen LogP contribution in [0.15, 0.2) is 30.3 Å². The lowest BCUT2D eigenvalue weighted by Crippen LogP contribution is -2.02. The molecule has 1 heterocycles. The second-order valence-electron chi connectivity index (χ2n) is 3.42. The van der Waals surface area contributed by atoms with Gasteiger partial charge in [-0.05, 0) is 37.4 Å². The molecule has 1 nitrogen and oxygen atoms in total. The Morgan fingerprint density at radius 2 is 2.00 bits per heavy atom. The second kappa shape index (κ2) is 5.19. The van der Waals surface area contributed by atoms with Crippen molar-refractivity contribution in [3.63, 3.8) is 0 Å². The van der Waals surface area contributed by atoms with Crippen LogP contribution in [0.1, 0.15) is 4.88 Å². The molecule has 16 heavy (non-hydrogen) atoms. The van der Waals surface area contributed by atoms with Gasteiger partial charge in [0, 0.05) is 31.9 Å². The Labute approximate surface area is 109 Å². The average Bonchev–Trinajstić information content (AvgIpc) is 2.71. The third kappa shape index (κ3) is 2.58. The summed E-state index contributed by atoms with van der Waals surface area (Å²) in [5.41, 5.74) is 1.00. The highest BCUT2D eigenvalue weighted by Crippen LogP contribution is 2.35. The van der Waals surface area contributed by atoms with E-state index in [1.165, 1.54) is 4.88 Å². The van der Waals surface area contributed by atoms with Gasteiger partial charge in [-0.25, -0.2) is 0 Å². The number of halogens is 2. The van der Waals surface area contributed by atoms with Crippen molar-refractivity contribution in [1.29, 1.82) is 0 Å². The summed E-state index contributed by atoms with van der Waals surface area (Å²) in [6, 6.07) is 9.72. The van der Waals surface area contributed by atoms with Crippen molar-refractivity contribution >= 4 is 34.5 Å². The summed E-state index contributed by atoms with van der Waals surface area (Å²) in [4.78, 5) is 2.44. The molecule has 2 aromatic rings. The van der Waals surface area contributed by atoms with Gasteiger partial charge in [0.2, 0.25) is 0 Å². The van der Waals surface area contributed by atoms with Crippen LogP contribution in [-0.2, 0) is 6.54 Å². The molecule has 1 aromatic carbocycles. The van der Waals surface area contributed by atoms with Gasteiger partial charge in [-0.15, -0.1) is 11.3 Å². The first-order valence-corrected chi connectivity index (χ1v) is 6.46. The van der Waals surface area contributed by atoms with Gasteiger partial charge in [-0.1, -0.05) is 23.2 Å². The van der Waals surface area contributed by atoms with E-state index in [1.54, 1.807) is 17.4 Å². The fraction of sp³-hybridized carbons (Fsp3) is 0.167. The van der Waals surface area contributed by atoms with Gasteiger partial charge in [-0.3, -0.25) is 0 Å². The van der Waals surface area contributed by atoms with E-state index >= 15 is 0 Å². The Morgan fingerprint density at radius 3 is 2.75 bits per heavy atom. The Kier molecular flexibility index (Phi) is 3.87. The van der Waals surface area contributed by atoms with Gasteiger partial charge in [-0.2, -0.15) is 0 Å². The van der Waals surface area contributed by atoms with Gasteiger partial charge >= 0.3 is 0 Å². The number of benzene rings is 1. The Morgan fingerprint density at radius 1 is 1.19 bits per heavy atom. The van der Waals surface area contributed by atoms with Crippen LogP contribution in [0.4, 0.5) is 0 Å². The molecule has 0 fully saturated rings. The molecule has 0 amide bonds. The highest BCUT2D eigenvalue weighted by molar-refractivity contribution is 7.15. The summed E-state index contributed by atoms with van der Waals surface area (Å²) in [5, 5.41) is 4.58. The van der Waals surface area contributed by atoms with Crippen LogP contribution in [0.5, 0.6) is 0 Å². The van der Waals surface area contributed by atoms with Crippen molar-refractivity contribution in [2.24, 2.45) is 0 Å². The second-order valence-corrected chi connectivity index (χ2v) is 5.43. The molecule has 0 aliphatic carbocycles. The molecule has 0 bridgehead atoms. The number of thiophene rings is 1. The summed E-state index contributed by atoms with van der Waals surface area (Å²) < 4.78 is 0. The highest BCUT2D eigenvalue weighted by atomic mass is 35.5. The van der Waals surface area contributed by atoms with Crippen molar-refractivity contribution in [3.8, 4) is 10.4 Å². The molecule has 0 saturated carbocycles. The van der Waals surface area contributed by atoms with Crippen molar-refractivity contribution in [3.05, 3.63) is 45.3 Å². The zero-order valence-corrected chi connectivity index (χ0v) is 11.1. The molecule has 0 radical (unpaired) electrons. The van der Waals surface area contributed by atoms with E-state index in [0.717, 1.165) is 22.0 Å². The summed E-state index contributed by atoms with van der Waals surface area (Å²) in [7, 11) is 1.94. The largest absolute Gasteiger partial charge is 0.315 e. The monoisotopic (exact) mass is 271 g/mol. The van der Waals surface area contributed by atoms with Crippen LogP contribution < -0.4 is 5.32 Å². The van der Waals surface area contributed by atoms with Crippen molar-refractivity contribution in [1.82, 2.24) is 5.32 Å². The van der Waals surface area contributed by atoms with Crippen LogP contribution in [0.25, 0.3) is 10.4 Å². The molecule has 0 unspecified atom stereocenters. The molecule has 1 N–H and O–H groups in total. The molecule has 1 aromatic heterocycles. The average molecular weight is 272 g/mol. The number of hydrogen-bond acceptors (Lipinski definition) is 2. The molecule has 0 aliphatic rings. The zero-order valence-electron chi connectivity index (χ0n) is 8.76. The van der Waals surface area contributed by atoms with E-state index in [9.17, 15) is 0 Å². The molecule has 0 atom stereocenters. The summed E-state index contributed by atoms with van der Waals surface area (Å²) in [6.45, 7) is 0.878. The molecular weight excluding hydrogens is 261 g/mol. The van der Waals surface area contributed by atoms with E-state index in [2.05, 4.69) is 17.4 Å². The molecule has 84 valence electrons. The maximum Gasteiger partial charge on any atom is 0.0493 e. The molecule has 0 spiro atoms. The molecule has 0 saturated heterocycles. The first kappa shape index (κ1) is 11.9. The molecule has 4 heteroatoms. The van der Waals surface area contributed by atoms with Crippen LogP contribution in [-0.4, -0.2) is 7.05 Å². The Bertz CT molecular complexity index is 494. The van der Waals surface area contributed by atoms with Gasteiger partial charge in [0.1, 0.15) is 0 Å². The summed E-state index contributed by atoms with van der Waals surface area (Å²) in [5.74, 6) is 0. The van der Waals surface area contributed by atoms with E-state index in [-0.39, 0.29) is 0 Å². The van der Waals surface area contributed by atoms with E-state index in [0.29, 0.717) is 5.02 Å². The minimum absolute atomic E-state index is 0.711. The molecule has 0 aliphatic heterocycles. The summed E-state index contributed by atoms with van der Waals surface area (Å²) in [6.07, 6.45) is 0. The third-order valence-electron chi connectivity index (χ3n) is 2.21. The minimum atomic E-state index is 0.711. The standard InChI is InChI=1S/C12H11Cl2NS/c1-15-7-9-3-5-12(16-9)10-6-8(13)2-4-11(10)14/h2-6,15H,7H2,1H3. The molecule has 2 rings (SSSR count). The lowest BCUT2D eigenvalue weighted by molar-refractivity contribution is 0.831. The minimum Gasteiger partial charge on any atom is -0.315 e. The van der Waals surface area contributed by atoms with Gasteiger partial charge in [0.05, 0.1) is 0 Å². The maximum atomic E-state index is 6.15. The van der Waals surface area contributed by atoms with Crippen molar-refractivity contribution < 1.29 is 0 Å². The fourth-order valence-corrected chi connectivity index (χ4v) is 2.98. The smallest absolute Gasteiger partial charge is 0.0493 e. The van der Waals surface area contributed by atoms with E-state index in [1.807, 2.05) is 19.2 Å². The third-order valence-corrected chi connectivity index (χ3v) is 3.89. The first-order chi connectivity index (χ1) is 7.70. The van der Waals surface area contributed by atoms with Gasteiger partial charge in [0.25, 0.3) is 0 Å². The number of hydrogen-bond donors (Lipinski definition) is 1.